The van der Waals surface area contributed by atoms with E-state index < -0.39 is 0 Å². The lowest BCUT2D eigenvalue weighted by atomic mass is 10.1. The third-order valence-corrected chi connectivity index (χ3v) is 3.24. The molecule has 3 N–H and O–H groups in total. The highest BCUT2D eigenvalue weighted by Crippen LogP contribution is 2.17. The maximum absolute atomic E-state index is 11.7. The van der Waals surface area contributed by atoms with Gasteiger partial charge in [-0.3, -0.25) is 0 Å². The first-order valence-electron chi connectivity index (χ1n) is 7.31. The minimum absolute atomic E-state index is 0.131. The van der Waals surface area contributed by atoms with Crippen LogP contribution in [0.2, 0.25) is 0 Å². The Balaban J connectivity index is 1.78. The van der Waals surface area contributed by atoms with Gasteiger partial charge in [0.15, 0.2) is 0 Å². The molecule has 1 heterocycles. The number of amides is 2. The molecule has 1 aromatic carbocycles. The van der Waals surface area contributed by atoms with Crippen LogP contribution in [0.15, 0.2) is 41.0 Å². The molecule has 0 aliphatic heterocycles. The van der Waals surface area contributed by atoms with Gasteiger partial charge in [0.25, 0.3) is 0 Å². The number of aliphatic hydroxyl groups is 1. The summed E-state index contributed by atoms with van der Waals surface area (Å²) in [5.74, 6) is 0.779. The first-order valence-corrected chi connectivity index (χ1v) is 7.31. The predicted molar refractivity (Wildman–Crippen MR) is 83.0 cm³/mol. The van der Waals surface area contributed by atoms with Crippen LogP contribution in [0.5, 0.6) is 0 Å². The summed E-state index contributed by atoms with van der Waals surface area (Å²) in [7, 11) is 0. The topological polar surface area (TPSA) is 87.4 Å². The van der Waals surface area contributed by atoms with Crippen molar-refractivity contribution >= 4 is 6.03 Å². The van der Waals surface area contributed by atoms with Crippen LogP contribution in [0.3, 0.4) is 0 Å². The van der Waals surface area contributed by atoms with Crippen LogP contribution < -0.4 is 10.6 Å². The molecule has 0 spiro atoms. The molecule has 2 aromatic rings. The lowest BCUT2D eigenvalue weighted by molar-refractivity contribution is 0.233. The van der Waals surface area contributed by atoms with Crippen LogP contribution in [-0.4, -0.2) is 29.3 Å². The number of rotatable bonds is 7. The number of nitrogens with zero attached hydrogens (tertiary/aromatic N) is 1. The Bertz CT molecular complexity index is 583. The number of hydrogen-bond donors (Lipinski definition) is 3. The Hall–Kier alpha value is -2.34. The number of nitrogens with one attached hydrogen (secondary N) is 2. The van der Waals surface area contributed by atoms with E-state index in [4.69, 9.17) is 9.52 Å². The van der Waals surface area contributed by atoms with Gasteiger partial charge in [-0.25, -0.2) is 9.78 Å². The van der Waals surface area contributed by atoms with E-state index in [2.05, 4.69) is 15.6 Å². The highest BCUT2D eigenvalue weighted by molar-refractivity contribution is 5.73. The van der Waals surface area contributed by atoms with Gasteiger partial charge in [-0.05, 0) is 24.5 Å². The first-order chi connectivity index (χ1) is 10.7. The Labute approximate surface area is 129 Å². The van der Waals surface area contributed by atoms with Crippen LogP contribution in [0.4, 0.5) is 4.79 Å². The second-order valence-corrected chi connectivity index (χ2v) is 5.19. The zero-order valence-corrected chi connectivity index (χ0v) is 12.6. The van der Waals surface area contributed by atoms with Crippen molar-refractivity contribution in [1.29, 1.82) is 0 Å². The molecule has 22 heavy (non-hydrogen) atoms. The highest BCUT2D eigenvalue weighted by atomic mass is 16.3. The molecule has 0 bridgehead atoms. The summed E-state index contributed by atoms with van der Waals surface area (Å²) in [6, 6.07) is 9.33. The monoisotopic (exact) mass is 303 g/mol. The molecule has 0 saturated heterocycles. The molecule has 0 aliphatic rings. The Morgan fingerprint density at radius 2 is 2.09 bits per heavy atom. The molecule has 6 heteroatoms. The number of carbonyl (C=O) groups excluding carboxylic acids is 1. The number of aliphatic hydroxyl groups excluding tert-OH is 1. The van der Waals surface area contributed by atoms with E-state index in [9.17, 15) is 4.79 Å². The van der Waals surface area contributed by atoms with Crippen molar-refractivity contribution < 1.29 is 14.3 Å². The molecule has 1 aromatic heterocycles. The fraction of sp³-hybridized carbons (Fsp3) is 0.375. The fourth-order valence-electron chi connectivity index (χ4n) is 1.92. The number of aromatic nitrogens is 1. The van der Waals surface area contributed by atoms with Crippen molar-refractivity contribution in [2.75, 3.05) is 13.2 Å². The second kappa shape index (κ2) is 8.19. The van der Waals surface area contributed by atoms with Crippen LogP contribution >= 0.6 is 0 Å². The molecule has 0 saturated carbocycles. The summed E-state index contributed by atoms with van der Waals surface area (Å²) in [4.78, 5) is 16.0. The summed E-state index contributed by atoms with van der Waals surface area (Å²) in [5.41, 5.74) is 1.56. The molecule has 1 unspecified atom stereocenters. The lowest BCUT2D eigenvalue weighted by Gasteiger charge is -2.11. The molecule has 0 radical (unpaired) electrons. The van der Waals surface area contributed by atoms with Crippen LogP contribution in [0.1, 0.15) is 19.0 Å². The number of benzene rings is 1. The average Bonchev–Trinajstić information content (AvgIpc) is 3.01. The van der Waals surface area contributed by atoms with Crippen molar-refractivity contribution in [3.8, 4) is 11.5 Å². The van der Waals surface area contributed by atoms with Crippen LogP contribution in [-0.2, 0) is 6.54 Å². The van der Waals surface area contributed by atoms with Gasteiger partial charge in [-0.2, -0.15) is 0 Å². The smallest absolute Gasteiger partial charge is 0.315 e. The maximum Gasteiger partial charge on any atom is 0.315 e. The molecule has 2 rings (SSSR count). The van der Waals surface area contributed by atoms with Gasteiger partial charge in [-0.15, -0.1) is 0 Å². The summed E-state index contributed by atoms with van der Waals surface area (Å²) in [5, 5.41) is 14.3. The first kappa shape index (κ1) is 16.0. The van der Waals surface area contributed by atoms with E-state index in [1.807, 2.05) is 37.3 Å². The van der Waals surface area contributed by atoms with Crippen molar-refractivity contribution in [2.24, 2.45) is 5.92 Å². The quantitative estimate of drug-likeness (QED) is 0.731. The van der Waals surface area contributed by atoms with Crippen molar-refractivity contribution in [1.82, 2.24) is 15.6 Å². The van der Waals surface area contributed by atoms with Gasteiger partial charge < -0.3 is 20.2 Å². The third kappa shape index (κ3) is 4.89. The predicted octanol–water partition coefficient (Wildman–Crippen LogP) is 2.16. The molecule has 6 nitrogen and oxygen atoms in total. The number of carbonyl (C=O) groups is 1. The van der Waals surface area contributed by atoms with Crippen molar-refractivity contribution in [3.63, 3.8) is 0 Å². The summed E-state index contributed by atoms with van der Waals surface area (Å²) >= 11 is 0. The average molecular weight is 303 g/mol. The Kier molecular flexibility index (Phi) is 5.97. The zero-order chi connectivity index (χ0) is 15.8. The Morgan fingerprint density at radius 1 is 1.32 bits per heavy atom. The van der Waals surface area contributed by atoms with E-state index in [1.165, 1.54) is 6.26 Å². The van der Waals surface area contributed by atoms with Crippen LogP contribution in [0.25, 0.3) is 11.5 Å². The van der Waals surface area contributed by atoms with Crippen molar-refractivity contribution in [3.05, 3.63) is 42.3 Å². The highest BCUT2D eigenvalue weighted by Gasteiger charge is 2.08. The summed E-state index contributed by atoms with van der Waals surface area (Å²) in [6.45, 7) is 2.93. The van der Waals surface area contributed by atoms with E-state index in [0.29, 0.717) is 31.1 Å². The van der Waals surface area contributed by atoms with E-state index in [1.54, 1.807) is 0 Å². The Morgan fingerprint density at radius 3 is 2.82 bits per heavy atom. The number of urea groups is 1. The number of hydrogen-bond acceptors (Lipinski definition) is 4. The molecule has 0 aliphatic carbocycles. The van der Waals surface area contributed by atoms with Gasteiger partial charge >= 0.3 is 6.03 Å². The second-order valence-electron chi connectivity index (χ2n) is 5.19. The summed E-state index contributed by atoms with van der Waals surface area (Å²) in [6.07, 6.45) is 2.21. The lowest BCUT2D eigenvalue weighted by Crippen LogP contribution is -2.37. The van der Waals surface area contributed by atoms with Crippen LogP contribution in [0, 0.1) is 5.92 Å². The normalized spacial score (nSPS) is 11.9. The summed E-state index contributed by atoms with van der Waals surface area (Å²) < 4.78 is 5.40. The van der Waals surface area contributed by atoms with E-state index in [0.717, 1.165) is 5.56 Å². The molecule has 1 atom stereocenters. The van der Waals surface area contributed by atoms with Gasteiger partial charge in [-0.1, -0.05) is 25.1 Å². The van der Waals surface area contributed by atoms with E-state index in [-0.39, 0.29) is 18.6 Å². The van der Waals surface area contributed by atoms with Gasteiger partial charge in [0.2, 0.25) is 5.89 Å². The molecular formula is C16H21N3O3. The standard InChI is InChI=1S/C16H21N3O3/c1-12(7-8-20)9-17-16(21)18-10-14-11-22-15(19-14)13-5-3-2-4-6-13/h2-6,11-12,20H,7-10H2,1H3,(H2,17,18,21). The molecular weight excluding hydrogens is 282 g/mol. The van der Waals surface area contributed by atoms with E-state index >= 15 is 0 Å². The van der Waals surface area contributed by atoms with Crippen molar-refractivity contribution in [2.45, 2.75) is 19.9 Å². The van der Waals surface area contributed by atoms with Gasteiger partial charge in [0, 0.05) is 18.7 Å². The van der Waals surface area contributed by atoms with Gasteiger partial charge in [0.1, 0.15) is 6.26 Å². The third-order valence-electron chi connectivity index (χ3n) is 3.24. The minimum Gasteiger partial charge on any atom is -0.444 e. The minimum atomic E-state index is -0.256. The van der Waals surface area contributed by atoms with Gasteiger partial charge in [0.05, 0.1) is 12.2 Å². The molecule has 0 fully saturated rings. The fourth-order valence-corrected chi connectivity index (χ4v) is 1.92. The SMILES string of the molecule is CC(CCO)CNC(=O)NCc1coc(-c2ccccc2)n1. The maximum atomic E-state index is 11.7. The largest absolute Gasteiger partial charge is 0.444 e. The molecule has 2 amide bonds. The number of oxazole rings is 1. The molecule has 118 valence electrons. The zero-order valence-electron chi connectivity index (χ0n) is 12.6.